The van der Waals surface area contributed by atoms with Crippen LogP contribution in [0.1, 0.15) is 37.0 Å². The van der Waals surface area contributed by atoms with Crippen molar-refractivity contribution in [3.8, 4) is 0 Å². The number of anilines is 2. The number of nitrogen functional groups attached to an aromatic ring is 1. The van der Waals surface area contributed by atoms with Crippen molar-refractivity contribution in [1.29, 1.82) is 0 Å². The van der Waals surface area contributed by atoms with E-state index in [1.807, 2.05) is 0 Å². The van der Waals surface area contributed by atoms with E-state index in [9.17, 15) is 4.79 Å². The average Bonchev–Trinajstić information content (AvgIpc) is 2.31. The highest BCUT2D eigenvalue weighted by Crippen LogP contribution is 2.24. The molecule has 0 atom stereocenters. The van der Waals surface area contributed by atoms with Crippen LogP contribution in [-0.4, -0.2) is 19.0 Å². The van der Waals surface area contributed by atoms with Gasteiger partial charge < -0.3 is 16.4 Å². The monoisotopic (exact) mass is 235 g/mol. The quantitative estimate of drug-likeness (QED) is 0.741. The molecule has 0 fully saturated rings. The Morgan fingerprint density at radius 3 is 2.59 bits per heavy atom. The summed E-state index contributed by atoms with van der Waals surface area (Å²) in [6.45, 7) is 6.04. The molecule has 0 aliphatic heterocycles. The fourth-order valence-corrected chi connectivity index (χ4v) is 1.77. The molecule has 0 bridgehead atoms. The molecule has 1 rings (SSSR count). The van der Waals surface area contributed by atoms with E-state index < -0.39 is 5.91 Å². The minimum atomic E-state index is -0.419. The number of unbranched alkanes of at least 4 members (excludes halogenated alkanes) is 1. The molecule has 1 amide bonds. The molecular formula is C13H21N3O. The molecule has 0 heterocycles. The number of nitrogens with two attached hydrogens (primary N) is 2. The number of rotatable bonds is 6. The zero-order valence-corrected chi connectivity index (χ0v) is 10.6. The summed E-state index contributed by atoms with van der Waals surface area (Å²) in [7, 11) is 0. The number of hydrogen-bond donors (Lipinski definition) is 2. The first-order chi connectivity index (χ1) is 8.10. The van der Waals surface area contributed by atoms with Gasteiger partial charge >= 0.3 is 0 Å². The largest absolute Gasteiger partial charge is 0.397 e. The maximum absolute atomic E-state index is 11.2. The predicted octanol–water partition coefficient (Wildman–Crippen LogP) is 1.99. The van der Waals surface area contributed by atoms with E-state index in [4.69, 9.17) is 11.5 Å². The maximum atomic E-state index is 11.2. The van der Waals surface area contributed by atoms with Crippen LogP contribution >= 0.6 is 0 Å². The Bertz CT molecular complexity index is 390. The maximum Gasteiger partial charge on any atom is 0.248 e. The van der Waals surface area contributed by atoms with Crippen LogP contribution in [-0.2, 0) is 0 Å². The third-order valence-electron chi connectivity index (χ3n) is 2.82. The molecule has 0 aromatic heterocycles. The van der Waals surface area contributed by atoms with E-state index in [1.54, 1.807) is 18.2 Å². The molecule has 0 spiro atoms. The van der Waals surface area contributed by atoms with Gasteiger partial charge in [0.15, 0.2) is 0 Å². The minimum absolute atomic E-state index is 0.419. The molecule has 94 valence electrons. The molecular weight excluding hydrogens is 214 g/mol. The molecule has 4 nitrogen and oxygen atoms in total. The topological polar surface area (TPSA) is 72.3 Å². The van der Waals surface area contributed by atoms with Crippen molar-refractivity contribution in [2.75, 3.05) is 23.7 Å². The van der Waals surface area contributed by atoms with Gasteiger partial charge in [-0.3, -0.25) is 4.79 Å². The van der Waals surface area contributed by atoms with E-state index in [2.05, 4.69) is 18.7 Å². The molecule has 0 saturated carbocycles. The lowest BCUT2D eigenvalue weighted by Gasteiger charge is -2.24. The molecule has 0 saturated heterocycles. The van der Waals surface area contributed by atoms with Crippen molar-refractivity contribution < 1.29 is 4.79 Å². The van der Waals surface area contributed by atoms with E-state index in [0.29, 0.717) is 11.3 Å². The zero-order chi connectivity index (χ0) is 12.8. The molecule has 4 N–H and O–H groups in total. The van der Waals surface area contributed by atoms with Crippen LogP contribution < -0.4 is 16.4 Å². The van der Waals surface area contributed by atoms with E-state index in [1.165, 1.54) is 0 Å². The molecule has 0 unspecified atom stereocenters. The Kier molecular flexibility index (Phi) is 4.82. The third kappa shape index (κ3) is 3.37. The van der Waals surface area contributed by atoms with Crippen LogP contribution in [0.3, 0.4) is 0 Å². The van der Waals surface area contributed by atoms with Crippen LogP contribution in [0.5, 0.6) is 0 Å². The zero-order valence-electron chi connectivity index (χ0n) is 10.6. The van der Waals surface area contributed by atoms with Crippen molar-refractivity contribution in [1.82, 2.24) is 0 Å². The molecule has 4 heteroatoms. The summed E-state index contributed by atoms with van der Waals surface area (Å²) in [5.41, 5.74) is 13.3. The Morgan fingerprint density at radius 2 is 2.06 bits per heavy atom. The fourth-order valence-electron chi connectivity index (χ4n) is 1.77. The fraction of sp³-hybridized carbons (Fsp3) is 0.462. The van der Waals surface area contributed by atoms with Gasteiger partial charge in [-0.1, -0.05) is 13.3 Å². The van der Waals surface area contributed by atoms with Gasteiger partial charge in [0, 0.05) is 18.7 Å². The summed E-state index contributed by atoms with van der Waals surface area (Å²) in [4.78, 5) is 13.3. The van der Waals surface area contributed by atoms with Crippen LogP contribution in [0.2, 0.25) is 0 Å². The Hall–Kier alpha value is -1.71. The first kappa shape index (κ1) is 13.4. The van der Waals surface area contributed by atoms with Crippen molar-refractivity contribution >= 4 is 17.3 Å². The Labute approximate surface area is 103 Å². The van der Waals surface area contributed by atoms with Crippen LogP contribution in [0, 0.1) is 0 Å². The number of nitrogens with zero attached hydrogens (tertiary/aromatic N) is 1. The second-order valence-electron chi connectivity index (χ2n) is 4.07. The third-order valence-corrected chi connectivity index (χ3v) is 2.82. The van der Waals surface area contributed by atoms with Crippen molar-refractivity contribution in [2.24, 2.45) is 5.73 Å². The number of primary amides is 1. The molecule has 0 aliphatic carbocycles. The van der Waals surface area contributed by atoms with Gasteiger partial charge in [-0.05, 0) is 31.5 Å². The summed E-state index contributed by atoms with van der Waals surface area (Å²) in [6.07, 6.45) is 2.24. The van der Waals surface area contributed by atoms with E-state index in [-0.39, 0.29) is 0 Å². The summed E-state index contributed by atoms with van der Waals surface area (Å²) in [5.74, 6) is -0.419. The Morgan fingerprint density at radius 1 is 1.35 bits per heavy atom. The van der Waals surface area contributed by atoms with E-state index >= 15 is 0 Å². The number of hydrogen-bond acceptors (Lipinski definition) is 3. The molecule has 17 heavy (non-hydrogen) atoms. The second kappa shape index (κ2) is 6.13. The summed E-state index contributed by atoms with van der Waals surface area (Å²) < 4.78 is 0. The number of carbonyl (C=O) groups is 1. The summed E-state index contributed by atoms with van der Waals surface area (Å²) in [6, 6.07) is 5.18. The molecule has 1 aromatic carbocycles. The highest BCUT2D eigenvalue weighted by molar-refractivity contribution is 5.95. The predicted molar refractivity (Wildman–Crippen MR) is 72.2 cm³/mol. The summed E-state index contributed by atoms with van der Waals surface area (Å²) >= 11 is 0. The van der Waals surface area contributed by atoms with Gasteiger partial charge in [0.2, 0.25) is 5.91 Å². The molecule has 0 aliphatic rings. The van der Waals surface area contributed by atoms with Gasteiger partial charge in [-0.15, -0.1) is 0 Å². The molecule has 1 aromatic rings. The molecule has 0 radical (unpaired) electrons. The first-order valence-electron chi connectivity index (χ1n) is 6.04. The standard InChI is InChI=1S/C13H21N3O/c1-3-5-8-16(4-2)12-9-10(13(15)17)6-7-11(12)14/h6-7,9H,3-5,8,14H2,1-2H3,(H2,15,17). The number of benzene rings is 1. The van der Waals surface area contributed by atoms with Crippen molar-refractivity contribution in [2.45, 2.75) is 26.7 Å². The highest BCUT2D eigenvalue weighted by Gasteiger charge is 2.10. The normalized spacial score (nSPS) is 10.2. The van der Waals surface area contributed by atoms with Crippen LogP contribution in [0.4, 0.5) is 11.4 Å². The second-order valence-corrected chi connectivity index (χ2v) is 4.07. The SMILES string of the molecule is CCCCN(CC)c1cc(C(N)=O)ccc1N. The van der Waals surface area contributed by atoms with Gasteiger partial charge in [-0.25, -0.2) is 0 Å². The van der Waals surface area contributed by atoms with Gasteiger partial charge in [0.25, 0.3) is 0 Å². The smallest absolute Gasteiger partial charge is 0.248 e. The number of amides is 1. The van der Waals surface area contributed by atoms with Gasteiger partial charge in [0.05, 0.1) is 11.4 Å². The Balaban J connectivity index is 3.00. The van der Waals surface area contributed by atoms with Gasteiger partial charge in [0.1, 0.15) is 0 Å². The summed E-state index contributed by atoms with van der Waals surface area (Å²) in [5, 5.41) is 0. The lowest BCUT2D eigenvalue weighted by molar-refractivity contribution is 0.100. The van der Waals surface area contributed by atoms with Crippen LogP contribution in [0.25, 0.3) is 0 Å². The first-order valence-corrected chi connectivity index (χ1v) is 6.04. The lowest BCUT2D eigenvalue weighted by Crippen LogP contribution is -2.25. The number of carbonyl (C=O) groups excluding carboxylic acids is 1. The lowest BCUT2D eigenvalue weighted by atomic mass is 10.1. The van der Waals surface area contributed by atoms with Gasteiger partial charge in [-0.2, -0.15) is 0 Å². The minimum Gasteiger partial charge on any atom is -0.397 e. The van der Waals surface area contributed by atoms with Crippen molar-refractivity contribution in [3.05, 3.63) is 23.8 Å². The highest BCUT2D eigenvalue weighted by atomic mass is 16.1. The average molecular weight is 235 g/mol. The van der Waals surface area contributed by atoms with E-state index in [0.717, 1.165) is 31.6 Å². The van der Waals surface area contributed by atoms with Crippen LogP contribution in [0.15, 0.2) is 18.2 Å². The van der Waals surface area contributed by atoms with Crippen molar-refractivity contribution in [3.63, 3.8) is 0 Å².